The molecule has 2 N–H and O–H groups in total. The van der Waals surface area contributed by atoms with Crippen molar-refractivity contribution in [1.82, 2.24) is 5.32 Å². The van der Waals surface area contributed by atoms with Gasteiger partial charge >= 0.3 is 0 Å². The van der Waals surface area contributed by atoms with Gasteiger partial charge in [-0.05, 0) is 18.6 Å². The molecule has 0 atom stereocenters. The summed E-state index contributed by atoms with van der Waals surface area (Å²) < 4.78 is 10.5. The van der Waals surface area contributed by atoms with Crippen LogP contribution in [0.15, 0.2) is 18.2 Å². The van der Waals surface area contributed by atoms with Gasteiger partial charge in [-0.1, -0.05) is 6.92 Å². The van der Waals surface area contributed by atoms with E-state index < -0.39 is 0 Å². The molecule has 17 heavy (non-hydrogen) atoms. The largest absolute Gasteiger partial charge is 0.454 e. The molecule has 0 bridgehead atoms. The van der Waals surface area contributed by atoms with Crippen LogP contribution in [0.25, 0.3) is 0 Å². The first-order valence-corrected chi connectivity index (χ1v) is 5.70. The molecule has 0 saturated heterocycles. The molecule has 0 radical (unpaired) electrons. The molecule has 1 aliphatic rings. The first kappa shape index (κ1) is 11.6. The second kappa shape index (κ2) is 5.43. The third kappa shape index (κ3) is 3.03. The van der Waals surface area contributed by atoms with Crippen molar-refractivity contribution in [3.05, 3.63) is 18.2 Å². The first-order chi connectivity index (χ1) is 8.29. The number of anilines is 1. The van der Waals surface area contributed by atoms with Gasteiger partial charge < -0.3 is 20.1 Å². The van der Waals surface area contributed by atoms with Crippen molar-refractivity contribution in [3.63, 3.8) is 0 Å². The Morgan fingerprint density at radius 1 is 1.35 bits per heavy atom. The van der Waals surface area contributed by atoms with E-state index in [9.17, 15) is 4.79 Å². The minimum Gasteiger partial charge on any atom is -0.454 e. The van der Waals surface area contributed by atoms with Crippen molar-refractivity contribution in [1.29, 1.82) is 0 Å². The number of carbonyl (C=O) groups excluding carboxylic acids is 1. The van der Waals surface area contributed by atoms with Crippen molar-refractivity contribution in [2.24, 2.45) is 0 Å². The van der Waals surface area contributed by atoms with Crippen molar-refractivity contribution in [2.75, 3.05) is 25.2 Å². The van der Waals surface area contributed by atoms with Crippen LogP contribution in [0.5, 0.6) is 11.5 Å². The van der Waals surface area contributed by atoms with E-state index in [0.717, 1.165) is 17.9 Å². The minimum absolute atomic E-state index is 0.00971. The maximum Gasteiger partial charge on any atom is 0.239 e. The highest BCUT2D eigenvalue weighted by atomic mass is 16.7. The zero-order valence-electron chi connectivity index (χ0n) is 9.79. The lowest BCUT2D eigenvalue weighted by molar-refractivity contribution is -0.119. The van der Waals surface area contributed by atoms with Crippen molar-refractivity contribution in [2.45, 2.75) is 13.3 Å². The number of hydrogen-bond donors (Lipinski definition) is 2. The molecule has 0 aliphatic carbocycles. The summed E-state index contributed by atoms with van der Waals surface area (Å²) >= 11 is 0. The van der Waals surface area contributed by atoms with Crippen LogP contribution in [0, 0.1) is 0 Å². The van der Waals surface area contributed by atoms with Gasteiger partial charge in [0.15, 0.2) is 11.5 Å². The van der Waals surface area contributed by atoms with Gasteiger partial charge in [0, 0.05) is 18.3 Å². The zero-order chi connectivity index (χ0) is 12.1. The van der Waals surface area contributed by atoms with Crippen molar-refractivity contribution >= 4 is 11.6 Å². The fraction of sp³-hybridized carbons (Fsp3) is 0.417. The summed E-state index contributed by atoms with van der Waals surface area (Å²) in [5.41, 5.74) is 0.848. The predicted octanol–water partition coefficient (Wildman–Crippen LogP) is 1.35. The van der Waals surface area contributed by atoms with E-state index in [4.69, 9.17) is 9.47 Å². The number of rotatable bonds is 5. The van der Waals surface area contributed by atoms with Gasteiger partial charge in [0.1, 0.15) is 0 Å². The number of benzene rings is 1. The molecule has 2 rings (SSSR count). The maximum absolute atomic E-state index is 11.4. The van der Waals surface area contributed by atoms with Crippen LogP contribution in [-0.4, -0.2) is 25.8 Å². The molecule has 5 nitrogen and oxygen atoms in total. The molecular formula is C12H16N2O3. The van der Waals surface area contributed by atoms with Crippen LogP contribution in [0.2, 0.25) is 0 Å². The van der Waals surface area contributed by atoms with Gasteiger partial charge in [-0.2, -0.15) is 0 Å². The molecule has 5 heteroatoms. The van der Waals surface area contributed by atoms with Gasteiger partial charge in [0.2, 0.25) is 12.7 Å². The van der Waals surface area contributed by atoms with Gasteiger partial charge in [-0.3, -0.25) is 4.79 Å². The Hall–Kier alpha value is -1.91. The Balaban J connectivity index is 1.85. The lowest BCUT2D eigenvalue weighted by atomic mass is 10.3. The topological polar surface area (TPSA) is 59.6 Å². The highest BCUT2D eigenvalue weighted by Gasteiger charge is 2.13. The van der Waals surface area contributed by atoms with Crippen LogP contribution in [-0.2, 0) is 4.79 Å². The third-order valence-corrected chi connectivity index (χ3v) is 2.40. The van der Waals surface area contributed by atoms with Crippen LogP contribution < -0.4 is 20.1 Å². The highest BCUT2D eigenvalue weighted by Crippen LogP contribution is 2.33. The van der Waals surface area contributed by atoms with Crippen LogP contribution in [0.3, 0.4) is 0 Å². The molecule has 0 unspecified atom stereocenters. The molecule has 0 saturated carbocycles. The molecular weight excluding hydrogens is 220 g/mol. The molecule has 92 valence electrons. The second-order valence-corrected chi connectivity index (χ2v) is 3.77. The number of amides is 1. The summed E-state index contributed by atoms with van der Waals surface area (Å²) in [5, 5.41) is 5.83. The van der Waals surface area contributed by atoms with Gasteiger partial charge in [0.25, 0.3) is 0 Å². The fourth-order valence-corrected chi connectivity index (χ4v) is 1.52. The highest BCUT2D eigenvalue weighted by molar-refractivity contribution is 5.80. The second-order valence-electron chi connectivity index (χ2n) is 3.77. The first-order valence-electron chi connectivity index (χ1n) is 5.70. The number of ether oxygens (including phenoxy) is 2. The Morgan fingerprint density at radius 2 is 2.18 bits per heavy atom. The summed E-state index contributed by atoms with van der Waals surface area (Å²) in [5.74, 6) is 1.44. The maximum atomic E-state index is 11.4. The summed E-state index contributed by atoms with van der Waals surface area (Å²) in [6, 6.07) is 5.52. The summed E-state index contributed by atoms with van der Waals surface area (Å²) in [4.78, 5) is 11.4. The number of nitrogens with one attached hydrogen (secondary N) is 2. The SMILES string of the molecule is CCCNC(=O)CNc1ccc2c(c1)OCO2. The van der Waals surface area contributed by atoms with Gasteiger partial charge in [-0.15, -0.1) is 0 Å². The third-order valence-electron chi connectivity index (χ3n) is 2.40. The van der Waals surface area contributed by atoms with E-state index in [0.29, 0.717) is 12.3 Å². The van der Waals surface area contributed by atoms with Crippen LogP contribution in [0.1, 0.15) is 13.3 Å². The Bertz CT molecular complexity index is 407. The average Bonchev–Trinajstić information content (AvgIpc) is 2.81. The van der Waals surface area contributed by atoms with E-state index in [1.54, 1.807) is 0 Å². The number of hydrogen-bond acceptors (Lipinski definition) is 4. The average molecular weight is 236 g/mol. The van der Waals surface area contributed by atoms with E-state index >= 15 is 0 Å². The quantitative estimate of drug-likeness (QED) is 0.810. The number of fused-ring (bicyclic) bond motifs is 1. The molecule has 1 heterocycles. The van der Waals surface area contributed by atoms with Gasteiger partial charge in [-0.25, -0.2) is 0 Å². The van der Waals surface area contributed by atoms with E-state index in [-0.39, 0.29) is 19.2 Å². The zero-order valence-corrected chi connectivity index (χ0v) is 9.79. The Labute approximate surface area is 100 Å². The summed E-state index contributed by atoms with van der Waals surface area (Å²) in [7, 11) is 0. The standard InChI is InChI=1S/C12H16N2O3/c1-2-5-13-12(15)7-14-9-3-4-10-11(6-9)17-8-16-10/h3-4,6,14H,2,5,7-8H2,1H3,(H,13,15). The smallest absolute Gasteiger partial charge is 0.239 e. The van der Waals surface area contributed by atoms with Crippen LogP contribution in [0.4, 0.5) is 5.69 Å². The van der Waals surface area contributed by atoms with Crippen molar-refractivity contribution < 1.29 is 14.3 Å². The lowest BCUT2D eigenvalue weighted by Crippen LogP contribution is -2.30. The molecule has 0 spiro atoms. The molecule has 1 aromatic rings. The molecule has 0 aromatic heterocycles. The summed E-state index contributed by atoms with van der Waals surface area (Å²) in [6.07, 6.45) is 0.940. The number of carbonyl (C=O) groups is 1. The Morgan fingerprint density at radius 3 is 3.00 bits per heavy atom. The Kier molecular flexibility index (Phi) is 3.69. The van der Waals surface area contributed by atoms with Crippen molar-refractivity contribution in [3.8, 4) is 11.5 Å². The predicted molar refractivity (Wildman–Crippen MR) is 64.4 cm³/mol. The van der Waals surface area contributed by atoms with Crippen LogP contribution >= 0.6 is 0 Å². The van der Waals surface area contributed by atoms with Gasteiger partial charge in [0.05, 0.1) is 6.54 Å². The van der Waals surface area contributed by atoms with E-state index in [1.165, 1.54) is 0 Å². The molecule has 1 amide bonds. The molecule has 1 aromatic carbocycles. The fourth-order valence-electron chi connectivity index (χ4n) is 1.52. The molecule has 0 fully saturated rings. The monoisotopic (exact) mass is 236 g/mol. The van der Waals surface area contributed by atoms with E-state index in [1.807, 2.05) is 25.1 Å². The van der Waals surface area contributed by atoms with E-state index in [2.05, 4.69) is 10.6 Å². The normalized spacial score (nSPS) is 12.3. The summed E-state index contributed by atoms with van der Waals surface area (Å²) in [6.45, 7) is 3.25. The lowest BCUT2D eigenvalue weighted by Gasteiger charge is -2.07. The molecule has 1 aliphatic heterocycles. The minimum atomic E-state index is -0.00971.